The molecule has 32 heavy (non-hydrogen) atoms. The number of aryl methyl sites for hydroxylation is 1. The van der Waals surface area contributed by atoms with Crippen LogP contribution in [0.5, 0.6) is 0 Å². The lowest BCUT2D eigenvalue weighted by atomic mass is 9.73. The van der Waals surface area contributed by atoms with Crippen LogP contribution in [0.3, 0.4) is 0 Å². The van der Waals surface area contributed by atoms with Crippen LogP contribution in [0.2, 0.25) is 0 Å². The maximum absolute atomic E-state index is 13.5. The summed E-state index contributed by atoms with van der Waals surface area (Å²) in [5, 5.41) is 15.8. The summed E-state index contributed by atoms with van der Waals surface area (Å²) in [5.74, 6) is -0.547. The van der Waals surface area contributed by atoms with Crippen LogP contribution in [-0.2, 0) is 21.6 Å². The Hall–Kier alpha value is -2.18. The molecule has 0 spiro atoms. The van der Waals surface area contributed by atoms with Gasteiger partial charge in [0.2, 0.25) is 0 Å². The summed E-state index contributed by atoms with van der Waals surface area (Å²) in [6, 6.07) is 11.3. The number of rotatable bonds is 8. The Morgan fingerprint density at radius 1 is 1.16 bits per heavy atom. The van der Waals surface area contributed by atoms with Crippen molar-refractivity contribution in [1.29, 1.82) is 0 Å². The van der Waals surface area contributed by atoms with Crippen LogP contribution >= 0.6 is 0 Å². The van der Waals surface area contributed by atoms with E-state index >= 15 is 0 Å². The van der Waals surface area contributed by atoms with Gasteiger partial charge in [0.05, 0.1) is 25.8 Å². The van der Waals surface area contributed by atoms with E-state index in [1.165, 1.54) is 6.42 Å². The van der Waals surface area contributed by atoms with Gasteiger partial charge < -0.3 is 18.8 Å². The van der Waals surface area contributed by atoms with E-state index in [9.17, 15) is 9.90 Å². The number of nitrogens with zero attached hydrogens (tertiary/aromatic N) is 2. The van der Waals surface area contributed by atoms with E-state index < -0.39 is 11.6 Å². The summed E-state index contributed by atoms with van der Waals surface area (Å²) < 4.78 is 11.9. The lowest BCUT2D eigenvalue weighted by Crippen LogP contribution is -2.55. The van der Waals surface area contributed by atoms with Crippen molar-refractivity contribution < 1.29 is 23.6 Å². The molecule has 4 rings (SSSR count). The summed E-state index contributed by atoms with van der Waals surface area (Å²) in [7, 11) is 2.24. The van der Waals surface area contributed by atoms with Gasteiger partial charge in [-0.15, -0.1) is 0 Å². The highest BCUT2D eigenvalue weighted by molar-refractivity contribution is 5.81. The molecule has 2 fully saturated rings. The maximum atomic E-state index is 13.5. The Kier molecular flexibility index (Phi) is 7.31. The minimum Gasteiger partial charge on any atom is -0.454 e. The molecule has 0 bridgehead atoms. The Bertz CT molecular complexity index is 850. The fraction of sp³-hybridized carbons (Fsp3) is 0.615. The Morgan fingerprint density at radius 3 is 2.66 bits per heavy atom. The zero-order valence-electron chi connectivity index (χ0n) is 19.2. The first kappa shape index (κ1) is 23.0. The van der Waals surface area contributed by atoms with Gasteiger partial charge in [0.1, 0.15) is 12.8 Å². The van der Waals surface area contributed by atoms with Crippen molar-refractivity contribution in [2.45, 2.75) is 69.5 Å². The van der Waals surface area contributed by atoms with Gasteiger partial charge in [-0.2, -0.15) is 0 Å². The minimum atomic E-state index is -1.56. The van der Waals surface area contributed by atoms with Crippen molar-refractivity contribution in [2.24, 2.45) is 5.92 Å². The number of likely N-dealkylation sites (tertiary alicyclic amines) is 1. The smallest absolute Gasteiger partial charge is 0.343 e. The van der Waals surface area contributed by atoms with Crippen molar-refractivity contribution in [3.05, 3.63) is 53.9 Å². The summed E-state index contributed by atoms with van der Waals surface area (Å²) in [5.41, 5.74) is 0.0877. The van der Waals surface area contributed by atoms with Crippen molar-refractivity contribution >= 4 is 5.97 Å². The molecule has 2 unspecified atom stereocenters. The van der Waals surface area contributed by atoms with Gasteiger partial charge in [-0.05, 0) is 31.2 Å². The van der Waals surface area contributed by atoms with Crippen molar-refractivity contribution in [3.8, 4) is 0 Å². The fourth-order valence-corrected chi connectivity index (χ4v) is 5.66. The van der Waals surface area contributed by atoms with Gasteiger partial charge >= 0.3 is 5.97 Å². The standard InChI is InChI=1S/C26H37N2O4/c1-28(17-8-14-23-16-19-31-27-23)18-9-15-24(20-28)32-25(29)26(30,21-10-4-2-5-11-21)22-12-6-3-7-13-22/h2,4-5,10-11,16,19,22,24,30H,3,6-9,12-15,17-18,20H2,1H3/q+1/t24?,26?,28-/m1/s1. The Balaban J connectivity index is 1.42. The number of carbonyl (C=O) groups excluding carboxylic acids is 1. The number of aromatic nitrogens is 1. The molecule has 1 aromatic carbocycles. The first-order valence-corrected chi connectivity index (χ1v) is 12.2. The number of aliphatic hydroxyl groups is 1. The third-order valence-electron chi connectivity index (χ3n) is 7.49. The molecule has 6 nitrogen and oxygen atoms in total. The van der Waals surface area contributed by atoms with Crippen LogP contribution in [0, 0.1) is 5.92 Å². The topological polar surface area (TPSA) is 72.6 Å². The van der Waals surface area contributed by atoms with E-state index in [1.807, 2.05) is 36.4 Å². The molecule has 6 heteroatoms. The molecular weight excluding hydrogens is 404 g/mol. The van der Waals surface area contributed by atoms with E-state index in [0.717, 1.165) is 81.2 Å². The lowest BCUT2D eigenvalue weighted by Gasteiger charge is -2.42. The molecule has 1 aromatic heterocycles. The number of likely N-dealkylation sites (N-methyl/N-ethyl adjacent to an activating group) is 1. The third kappa shape index (κ3) is 5.24. The first-order chi connectivity index (χ1) is 15.5. The normalized spacial score (nSPS) is 26.4. The molecule has 1 N–H and O–H groups in total. The average molecular weight is 442 g/mol. The predicted octanol–water partition coefficient (Wildman–Crippen LogP) is 4.23. The van der Waals surface area contributed by atoms with Gasteiger partial charge in [-0.25, -0.2) is 4.79 Å². The molecule has 3 atom stereocenters. The van der Waals surface area contributed by atoms with E-state index in [1.54, 1.807) is 6.26 Å². The van der Waals surface area contributed by atoms with Crippen LogP contribution < -0.4 is 0 Å². The SMILES string of the molecule is C[N@@+]1(CCCc2ccon2)CCCC(OC(=O)C(O)(c2ccccc2)C2CCCCC2)C1. The number of hydrogen-bond acceptors (Lipinski definition) is 5. The second-order valence-corrected chi connectivity index (χ2v) is 9.98. The molecule has 1 saturated carbocycles. The van der Waals surface area contributed by atoms with Gasteiger partial charge in [0, 0.05) is 24.8 Å². The quantitative estimate of drug-likeness (QED) is 0.490. The first-order valence-electron chi connectivity index (χ1n) is 12.2. The zero-order valence-corrected chi connectivity index (χ0v) is 19.2. The maximum Gasteiger partial charge on any atom is 0.343 e. The van der Waals surface area contributed by atoms with E-state index in [-0.39, 0.29) is 12.0 Å². The number of esters is 1. The van der Waals surface area contributed by atoms with Gasteiger partial charge in [0.15, 0.2) is 11.7 Å². The fourth-order valence-electron chi connectivity index (χ4n) is 5.66. The molecule has 2 aromatic rings. The van der Waals surface area contributed by atoms with Crippen LogP contribution in [0.4, 0.5) is 0 Å². The van der Waals surface area contributed by atoms with Crippen LogP contribution in [-0.4, -0.2) is 53.5 Å². The van der Waals surface area contributed by atoms with Gasteiger partial charge in [0.25, 0.3) is 0 Å². The number of benzene rings is 1. The van der Waals surface area contributed by atoms with E-state index in [0.29, 0.717) is 5.56 Å². The van der Waals surface area contributed by atoms with Gasteiger partial charge in [-0.1, -0.05) is 54.8 Å². The number of piperidine rings is 1. The summed E-state index contributed by atoms with van der Waals surface area (Å²) >= 11 is 0. The monoisotopic (exact) mass is 441 g/mol. The van der Waals surface area contributed by atoms with Gasteiger partial charge in [-0.3, -0.25) is 0 Å². The summed E-state index contributed by atoms with van der Waals surface area (Å²) in [6.45, 7) is 2.88. The lowest BCUT2D eigenvalue weighted by molar-refractivity contribution is -0.917. The van der Waals surface area contributed by atoms with Crippen LogP contribution in [0.1, 0.15) is 62.6 Å². The molecule has 1 saturated heterocycles. The highest BCUT2D eigenvalue weighted by atomic mass is 16.6. The van der Waals surface area contributed by atoms with Crippen molar-refractivity contribution in [3.63, 3.8) is 0 Å². The summed E-state index contributed by atoms with van der Waals surface area (Å²) in [6.07, 6.45) is 10.2. The number of ether oxygens (including phenoxy) is 1. The molecule has 2 heterocycles. The van der Waals surface area contributed by atoms with E-state index in [2.05, 4.69) is 12.2 Å². The number of hydrogen-bond donors (Lipinski definition) is 1. The molecule has 0 radical (unpaired) electrons. The molecule has 1 aliphatic carbocycles. The number of carbonyl (C=O) groups is 1. The van der Waals surface area contributed by atoms with Crippen molar-refractivity contribution in [2.75, 3.05) is 26.7 Å². The molecule has 174 valence electrons. The Morgan fingerprint density at radius 2 is 1.94 bits per heavy atom. The molecule has 0 amide bonds. The highest BCUT2D eigenvalue weighted by Gasteiger charge is 2.48. The van der Waals surface area contributed by atoms with Crippen molar-refractivity contribution in [1.82, 2.24) is 5.16 Å². The van der Waals surface area contributed by atoms with Crippen LogP contribution in [0.25, 0.3) is 0 Å². The largest absolute Gasteiger partial charge is 0.454 e. The molecular formula is C26H37N2O4+. The molecule has 2 aliphatic rings. The highest BCUT2D eigenvalue weighted by Crippen LogP contribution is 2.41. The minimum absolute atomic E-state index is 0.0851. The van der Waals surface area contributed by atoms with Crippen LogP contribution in [0.15, 0.2) is 47.2 Å². The third-order valence-corrected chi connectivity index (χ3v) is 7.49. The second-order valence-electron chi connectivity index (χ2n) is 9.98. The second kappa shape index (κ2) is 10.2. The Labute approximate surface area is 191 Å². The number of quaternary nitrogens is 1. The predicted molar refractivity (Wildman–Crippen MR) is 122 cm³/mol. The summed E-state index contributed by atoms with van der Waals surface area (Å²) in [4.78, 5) is 13.5. The van der Waals surface area contributed by atoms with E-state index in [4.69, 9.17) is 9.26 Å². The molecule has 1 aliphatic heterocycles. The average Bonchev–Trinajstić information content (AvgIpc) is 3.33. The zero-order chi connectivity index (χ0) is 22.4.